The van der Waals surface area contributed by atoms with Crippen LogP contribution in [0.3, 0.4) is 0 Å². The van der Waals surface area contributed by atoms with E-state index in [0.717, 1.165) is 19.3 Å². The first kappa shape index (κ1) is 19.6. The summed E-state index contributed by atoms with van der Waals surface area (Å²) in [7, 11) is 0. The molecule has 0 saturated heterocycles. The smallest absolute Gasteiger partial charge is 0.327 e. The SMILES string of the molecule is CCCCCCCC(=O)N[C@@H](CS)C(=O)O.[Na]. The van der Waals surface area contributed by atoms with Crippen LogP contribution in [-0.2, 0) is 9.59 Å². The van der Waals surface area contributed by atoms with Crippen molar-refractivity contribution in [3.05, 3.63) is 0 Å². The summed E-state index contributed by atoms with van der Waals surface area (Å²) in [6.45, 7) is 2.14. The number of carbonyl (C=O) groups excluding carboxylic acids is 1. The van der Waals surface area contributed by atoms with E-state index in [-0.39, 0.29) is 41.2 Å². The molecule has 0 heterocycles. The van der Waals surface area contributed by atoms with E-state index in [9.17, 15) is 9.59 Å². The Hall–Kier alpha value is 0.290. The molecule has 0 spiro atoms. The molecule has 2 N–H and O–H groups in total. The number of unbranched alkanes of at least 4 members (excludes halogenated alkanes) is 4. The number of rotatable bonds is 9. The third-order valence-electron chi connectivity index (χ3n) is 2.32. The summed E-state index contributed by atoms with van der Waals surface area (Å²) in [5, 5.41) is 11.1. The van der Waals surface area contributed by atoms with Gasteiger partial charge in [0.1, 0.15) is 6.04 Å². The van der Waals surface area contributed by atoms with Crippen molar-refractivity contribution in [3.8, 4) is 0 Å². The molecule has 95 valence electrons. The van der Waals surface area contributed by atoms with Crippen LogP contribution in [0.5, 0.6) is 0 Å². The van der Waals surface area contributed by atoms with Crippen LogP contribution in [0.1, 0.15) is 45.4 Å². The molecule has 17 heavy (non-hydrogen) atoms. The van der Waals surface area contributed by atoms with E-state index in [0.29, 0.717) is 6.42 Å². The zero-order valence-corrected chi connectivity index (χ0v) is 13.6. The van der Waals surface area contributed by atoms with Gasteiger partial charge in [-0.1, -0.05) is 32.6 Å². The predicted molar refractivity (Wildman–Crippen MR) is 72.5 cm³/mol. The zero-order valence-electron chi connectivity index (χ0n) is 10.7. The van der Waals surface area contributed by atoms with E-state index < -0.39 is 12.0 Å². The van der Waals surface area contributed by atoms with Crippen LogP contribution in [0, 0.1) is 0 Å². The predicted octanol–water partition coefficient (Wildman–Crippen LogP) is 1.47. The molecular weight excluding hydrogens is 249 g/mol. The standard InChI is InChI=1S/C11H21NO3S.Na/c1-2-3-4-5-6-7-10(13)12-9(8-16)11(14)15;/h9,16H,2-8H2,1H3,(H,12,13)(H,14,15);/t9-;/m0./s1. The molecule has 0 unspecified atom stereocenters. The minimum absolute atomic E-state index is 0. The largest absolute Gasteiger partial charge is 0.480 e. The molecule has 0 fully saturated rings. The van der Waals surface area contributed by atoms with Crippen molar-refractivity contribution >= 4 is 54.1 Å². The molecule has 4 nitrogen and oxygen atoms in total. The van der Waals surface area contributed by atoms with Crippen molar-refractivity contribution in [1.29, 1.82) is 0 Å². The Morgan fingerprint density at radius 1 is 1.24 bits per heavy atom. The summed E-state index contributed by atoms with van der Waals surface area (Å²) in [5.41, 5.74) is 0. The second kappa shape index (κ2) is 12.7. The molecule has 0 bridgehead atoms. The van der Waals surface area contributed by atoms with Gasteiger partial charge in [-0.05, 0) is 6.42 Å². The van der Waals surface area contributed by atoms with E-state index in [2.05, 4.69) is 24.9 Å². The summed E-state index contributed by atoms with van der Waals surface area (Å²) in [4.78, 5) is 22.0. The molecule has 1 amide bonds. The van der Waals surface area contributed by atoms with Crippen LogP contribution < -0.4 is 5.32 Å². The third-order valence-corrected chi connectivity index (χ3v) is 2.69. The maximum atomic E-state index is 11.3. The fourth-order valence-electron chi connectivity index (χ4n) is 1.34. The molecule has 0 aromatic carbocycles. The number of carbonyl (C=O) groups is 2. The van der Waals surface area contributed by atoms with Gasteiger partial charge in [-0.15, -0.1) is 0 Å². The molecular formula is C11H21NNaO3S. The third kappa shape index (κ3) is 11.1. The first-order valence-corrected chi connectivity index (χ1v) is 6.38. The van der Waals surface area contributed by atoms with Crippen LogP contribution in [0.4, 0.5) is 0 Å². The van der Waals surface area contributed by atoms with Crippen LogP contribution in [-0.4, -0.2) is 58.3 Å². The Balaban J connectivity index is 0. The minimum Gasteiger partial charge on any atom is -0.480 e. The summed E-state index contributed by atoms with van der Waals surface area (Å²) in [6, 6.07) is -0.869. The molecule has 0 rings (SSSR count). The molecule has 0 aliphatic rings. The van der Waals surface area contributed by atoms with E-state index in [4.69, 9.17) is 5.11 Å². The summed E-state index contributed by atoms with van der Waals surface area (Å²) in [6.07, 6.45) is 5.76. The van der Waals surface area contributed by atoms with Crippen molar-refractivity contribution in [2.45, 2.75) is 51.5 Å². The van der Waals surface area contributed by atoms with Gasteiger partial charge in [0.15, 0.2) is 0 Å². The second-order valence-electron chi connectivity index (χ2n) is 3.81. The number of nitrogens with one attached hydrogen (secondary N) is 1. The molecule has 0 aliphatic carbocycles. The molecule has 0 saturated carbocycles. The van der Waals surface area contributed by atoms with Gasteiger partial charge in [0.05, 0.1) is 0 Å². The van der Waals surface area contributed by atoms with Crippen molar-refractivity contribution in [2.75, 3.05) is 5.75 Å². The van der Waals surface area contributed by atoms with Crippen LogP contribution >= 0.6 is 12.6 Å². The van der Waals surface area contributed by atoms with Gasteiger partial charge in [-0.2, -0.15) is 12.6 Å². The maximum absolute atomic E-state index is 11.3. The summed E-state index contributed by atoms with van der Waals surface area (Å²) >= 11 is 3.87. The van der Waals surface area contributed by atoms with E-state index in [1.807, 2.05) is 0 Å². The molecule has 0 aromatic rings. The fourth-order valence-corrected chi connectivity index (χ4v) is 1.59. The maximum Gasteiger partial charge on any atom is 0.327 e. The molecule has 1 radical (unpaired) electrons. The average Bonchev–Trinajstić information content (AvgIpc) is 2.25. The van der Waals surface area contributed by atoms with Crippen molar-refractivity contribution in [1.82, 2.24) is 5.32 Å². The number of thiol groups is 1. The van der Waals surface area contributed by atoms with E-state index in [1.165, 1.54) is 12.8 Å². The van der Waals surface area contributed by atoms with Gasteiger partial charge < -0.3 is 10.4 Å². The Bertz CT molecular complexity index is 227. The minimum atomic E-state index is -1.03. The van der Waals surface area contributed by atoms with Crippen LogP contribution in [0.25, 0.3) is 0 Å². The first-order chi connectivity index (χ1) is 7.61. The quantitative estimate of drug-likeness (QED) is 0.338. The Labute approximate surface area is 131 Å². The number of hydrogen-bond donors (Lipinski definition) is 3. The Kier molecular flexibility index (Phi) is 14.7. The Morgan fingerprint density at radius 2 is 1.82 bits per heavy atom. The van der Waals surface area contributed by atoms with E-state index in [1.54, 1.807) is 0 Å². The molecule has 1 atom stereocenters. The van der Waals surface area contributed by atoms with Crippen molar-refractivity contribution in [3.63, 3.8) is 0 Å². The van der Waals surface area contributed by atoms with Crippen molar-refractivity contribution in [2.24, 2.45) is 0 Å². The zero-order chi connectivity index (χ0) is 12.4. The number of carboxylic acid groups (broad SMARTS) is 1. The summed E-state index contributed by atoms with van der Waals surface area (Å²) in [5.74, 6) is -1.11. The van der Waals surface area contributed by atoms with Crippen LogP contribution in [0.15, 0.2) is 0 Å². The first-order valence-electron chi connectivity index (χ1n) is 5.74. The molecule has 0 aromatic heterocycles. The normalized spacial score (nSPS) is 11.4. The monoisotopic (exact) mass is 270 g/mol. The van der Waals surface area contributed by atoms with Gasteiger partial charge in [0.2, 0.25) is 5.91 Å². The average molecular weight is 270 g/mol. The Morgan fingerprint density at radius 3 is 2.29 bits per heavy atom. The number of amides is 1. The van der Waals surface area contributed by atoms with E-state index >= 15 is 0 Å². The van der Waals surface area contributed by atoms with Crippen LogP contribution in [0.2, 0.25) is 0 Å². The van der Waals surface area contributed by atoms with Gasteiger partial charge in [0.25, 0.3) is 0 Å². The fraction of sp³-hybridized carbons (Fsp3) is 0.818. The topological polar surface area (TPSA) is 66.4 Å². The molecule has 0 aliphatic heterocycles. The second-order valence-corrected chi connectivity index (χ2v) is 4.17. The van der Waals surface area contributed by atoms with Gasteiger partial charge in [-0.25, -0.2) is 4.79 Å². The number of carboxylic acids is 1. The van der Waals surface area contributed by atoms with Gasteiger partial charge in [-0.3, -0.25) is 4.79 Å². The van der Waals surface area contributed by atoms with Gasteiger partial charge in [0, 0.05) is 41.7 Å². The summed E-state index contributed by atoms with van der Waals surface area (Å²) < 4.78 is 0. The number of hydrogen-bond acceptors (Lipinski definition) is 3. The number of aliphatic carboxylic acids is 1. The van der Waals surface area contributed by atoms with Crippen molar-refractivity contribution < 1.29 is 14.7 Å². The molecule has 6 heteroatoms. The van der Waals surface area contributed by atoms with Gasteiger partial charge >= 0.3 is 5.97 Å².